The van der Waals surface area contributed by atoms with Gasteiger partial charge in [0.25, 0.3) is 0 Å². The van der Waals surface area contributed by atoms with Gasteiger partial charge in [-0.3, -0.25) is 0 Å². The third kappa shape index (κ3) is 17.3. The third-order valence-corrected chi connectivity index (χ3v) is 4.29. The van der Waals surface area contributed by atoms with Crippen LogP contribution in [0.15, 0.2) is 18.7 Å². The number of aromatic nitrogens is 2. The van der Waals surface area contributed by atoms with E-state index in [1.165, 1.54) is 90.1 Å². The average molecular weight is 353 g/mol. The summed E-state index contributed by atoms with van der Waals surface area (Å²) in [5, 5.41) is 8.89. The summed E-state index contributed by atoms with van der Waals surface area (Å²) in [5.41, 5.74) is 0. The Morgan fingerprint density at radius 3 is 1.92 bits per heavy atom. The van der Waals surface area contributed by atoms with E-state index in [1.807, 2.05) is 0 Å². The minimum atomic E-state index is -1.08. The fraction of sp³-hybridized carbons (Fsp3) is 0.810. The van der Waals surface area contributed by atoms with Crippen molar-refractivity contribution in [1.29, 1.82) is 0 Å². The van der Waals surface area contributed by atoms with Crippen molar-refractivity contribution in [3.63, 3.8) is 0 Å². The highest BCUT2D eigenvalue weighted by atomic mass is 16.4. The van der Waals surface area contributed by atoms with Crippen molar-refractivity contribution in [3.8, 4) is 0 Å². The van der Waals surface area contributed by atoms with E-state index in [0.29, 0.717) is 0 Å². The Hall–Kier alpha value is -1.32. The molecule has 1 aromatic rings. The number of carboxylic acid groups (broad SMARTS) is 1. The Bertz CT molecular complexity index is 381. The molecule has 146 valence electrons. The first-order valence-electron chi connectivity index (χ1n) is 10.3. The Labute approximate surface area is 155 Å². The first-order chi connectivity index (χ1) is 12.1. The van der Waals surface area contributed by atoms with Gasteiger partial charge in [-0.15, -0.1) is 0 Å². The zero-order valence-electron chi connectivity index (χ0n) is 16.8. The van der Waals surface area contributed by atoms with Crippen LogP contribution in [0.25, 0.3) is 0 Å². The van der Waals surface area contributed by atoms with Crippen molar-refractivity contribution in [2.24, 2.45) is 0 Å². The number of carboxylic acids is 1. The molecular formula is C21H40N2O2. The molecule has 1 rings (SSSR count). The predicted molar refractivity (Wildman–Crippen MR) is 102 cm³/mol. The minimum Gasteiger partial charge on any atom is -0.550 e. The van der Waals surface area contributed by atoms with Gasteiger partial charge in [-0.1, -0.05) is 65.2 Å². The fourth-order valence-electron chi connectivity index (χ4n) is 2.85. The van der Waals surface area contributed by atoms with Gasteiger partial charge in [0.05, 0.1) is 13.1 Å². The van der Waals surface area contributed by atoms with Gasteiger partial charge in [0, 0.05) is 5.97 Å². The summed E-state index contributed by atoms with van der Waals surface area (Å²) >= 11 is 0. The Kier molecular flexibility index (Phi) is 16.6. The van der Waals surface area contributed by atoms with E-state index in [9.17, 15) is 0 Å². The number of hydrogen-bond acceptors (Lipinski definition) is 2. The van der Waals surface area contributed by atoms with Crippen LogP contribution in [-0.2, 0) is 17.9 Å². The van der Waals surface area contributed by atoms with Gasteiger partial charge in [-0.05, 0) is 32.6 Å². The maximum Gasteiger partial charge on any atom is 0.243 e. The number of unbranched alkanes of at least 4 members (excludes halogenated alkanes) is 10. The van der Waals surface area contributed by atoms with Crippen LogP contribution in [0.5, 0.6) is 0 Å². The number of hydrogen-bond donors (Lipinski definition) is 0. The van der Waals surface area contributed by atoms with E-state index >= 15 is 0 Å². The second kappa shape index (κ2) is 17.5. The number of rotatable bonds is 14. The van der Waals surface area contributed by atoms with Crippen molar-refractivity contribution in [3.05, 3.63) is 18.7 Å². The maximum absolute atomic E-state index is 8.89. The Morgan fingerprint density at radius 2 is 1.36 bits per heavy atom. The van der Waals surface area contributed by atoms with E-state index in [2.05, 4.69) is 41.7 Å². The van der Waals surface area contributed by atoms with Crippen LogP contribution >= 0.6 is 0 Å². The first-order valence-corrected chi connectivity index (χ1v) is 10.3. The molecule has 0 saturated carbocycles. The Balaban J connectivity index is 0.00000129. The van der Waals surface area contributed by atoms with E-state index in [-0.39, 0.29) is 0 Å². The van der Waals surface area contributed by atoms with Crippen molar-refractivity contribution < 1.29 is 14.5 Å². The molecule has 0 aliphatic carbocycles. The van der Waals surface area contributed by atoms with Crippen LogP contribution in [0, 0.1) is 0 Å². The predicted octanol–water partition coefficient (Wildman–Crippen LogP) is 4.25. The fourth-order valence-corrected chi connectivity index (χ4v) is 2.85. The van der Waals surface area contributed by atoms with Crippen LogP contribution in [0.2, 0.25) is 0 Å². The lowest BCUT2D eigenvalue weighted by molar-refractivity contribution is -0.696. The van der Waals surface area contributed by atoms with Gasteiger partial charge < -0.3 is 9.90 Å². The molecular weight excluding hydrogens is 312 g/mol. The number of carbonyl (C=O) groups excluding carboxylic acids is 1. The number of carbonyl (C=O) groups is 1. The van der Waals surface area contributed by atoms with Crippen LogP contribution in [-0.4, -0.2) is 10.5 Å². The molecule has 0 aliphatic rings. The summed E-state index contributed by atoms with van der Waals surface area (Å²) in [7, 11) is 0. The maximum atomic E-state index is 8.89. The highest BCUT2D eigenvalue weighted by molar-refractivity contribution is 5.60. The summed E-state index contributed by atoms with van der Waals surface area (Å²) < 4.78 is 4.72. The molecule has 0 aliphatic heterocycles. The molecule has 1 aromatic heterocycles. The number of imidazole rings is 1. The second-order valence-electron chi connectivity index (χ2n) is 6.92. The summed E-state index contributed by atoms with van der Waals surface area (Å²) in [6.07, 6.45) is 23.3. The number of aryl methyl sites for hydroxylation is 2. The number of nitrogens with zero attached hydrogens (tertiary/aromatic N) is 2. The molecule has 0 amide bonds. The van der Waals surface area contributed by atoms with Gasteiger partial charge in [-0.2, -0.15) is 0 Å². The van der Waals surface area contributed by atoms with Gasteiger partial charge in [0.1, 0.15) is 12.4 Å². The van der Waals surface area contributed by atoms with Gasteiger partial charge >= 0.3 is 0 Å². The van der Waals surface area contributed by atoms with Gasteiger partial charge in [-0.25, -0.2) is 9.13 Å². The van der Waals surface area contributed by atoms with Crippen LogP contribution in [0.4, 0.5) is 0 Å². The lowest BCUT2D eigenvalue weighted by atomic mass is 10.1. The van der Waals surface area contributed by atoms with Crippen LogP contribution < -0.4 is 9.67 Å². The van der Waals surface area contributed by atoms with Crippen molar-refractivity contribution in [2.45, 2.75) is 111 Å². The highest BCUT2D eigenvalue weighted by Gasteiger charge is 2.03. The van der Waals surface area contributed by atoms with Crippen LogP contribution in [0.3, 0.4) is 0 Å². The van der Waals surface area contributed by atoms with Crippen molar-refractivity contribution in [1.82, 2.24) is 4.57 Å². The summed E-state index contributed by atoms with van der Waals surface area (Å²) in [5.74, 6) is -1.08. The quantitative estimate of drug-likeness (QED) is 0.371. The second-order valence-corrected chi connectivity index (χ2v) is 6.92. The summed E-state index contributed by atoms with van der Waals surface area (Å²) in [4.78, 5) is 8.89. The van der Waals surface area contributed by atoms with Crippen molar-refractivity contribution in [2.75, 3.05) is 0 Å². The lowest BCUT2D eigenvalue weighted by Gasteiger charge is -1.99. The van der Waals surface area contributed by atoms with Crippen molar-refractivity contribution >= 4 is 5.97 Å². The summed E-state index contributed by atoms with van der Waals surface area (Å²) in [6, 6.07) is 0. The molecule has 0 aromatic carbocycles. The zero-order valence-corrected chi connectivity index (χ0v) is 16.8. The molecule has 1 heterocycles. The molecule has 0 spiro atoms. The highest BCUT2D eigenvalue weighted by Crippen LogP contribution is 2.06. The molecule has 4 heteroatoms. The summed E-state index contributed by atoms with van der Waals surface area (Å²) in [6.45, 7) is 7.91. The van der Waals surface area contributed by atoms with E-state index in [4.69, 9.17) is 9.90 Å². The SMILES string of the molecule is CC(=O)[O-].CCCCCCCCn1cc[n+](CCCCCCCC)c1. The monoisotopic (exact) mass is 352 g/mol. The zero-order chi connectivity index (χ0) is 18.8. The third-order valence-electron chi connectivity index (χ3n) is 4.29. The number of aliphatic carboxylic acids is 1. The van der Waals surface area contributed by atoms with Gasteiger partial charge in [0.15, 0.2) is 0 Å². The van der Waals surface area contributed by atoms with Crippen LogP contribution in [0.1, 0.15) is 97.8 Å². The molecule has 0 bridgehead atoms. The molecule has 0 atom stereocenters. The Morgan fingerprint density at radius 1 is 0.880 bits per heavy atom. The smallest absolute Gasteiger partial charge is 0.243 e. The van der Waals surface area contributed by atoms with Gasteiger partial charge in [0.2, 0.25) is 6.33 Å². The molecule has 4 nitrogen and oxygen atoms in total. The normalized spacial score (nSPS) is 10.4. The molecule has 0 fully saturated rings. The van der Waals surface area contributed by atoms with E-state index < -0.39 is 5.97 Å². The first kappa shape index (κ1) is 23.7. The molecule has 25 heavy (non-hydrogen) atoms. The standard InChI is InChI=1S/C19H37N2.C2H4O2/c1-3-5-7-9-11-13-15-20-17-18-21(19-20)16-14-12-10-8-6-4-2;1-2(3)4/h17-19H,3-16H2,1-2H3;1H3,(H,3,4)/q+1;/p-1. The molecule has 0 saturated heterocycles. The minimum absolute atomic E-state index is 0.972. The average Bonchev–Trinajstić information content (AvgIpc) is 3.01. The topological polar surface area (TPSA) is 48.9 Å². The molecule has 0 unspecified atom stereocenters. The lowest BCUT2D eigenvalue weighted by Crippen LogP contribution is -2.30. The van der Waals surface area contributed by atoms with E-state index in [1.54, 1.807) is 0 Å². The molecule has 0 radical (unpaired) electrons. The van der Waals surface area contributed by atoms with E-state index in [0.717, 1.165) is 6.92 Å². The largest absolute Gasteiger partial charge is 0.550 e. The molecule has 0 N–H and O–H groups in total.